The Morgan fingerprint density at radius 3 is 0.917 bits per heavy atom. The molecular weight excluding hydrogens is 166 g/mol. The van der Waals surface area contributed by atoms with E-state index in [2.05, 4.69) is 5.73 Å². The molecule has 0 bridgehead atoms. The average Bonchev–Trinajstić information content (AvgIpc) is 2.16. The SMILES string of the molecule is CC(=O)O.CN.CO.CO.CO. The second-order valence-electron chi connectivity index (χ2n) is 0.519. The Hall–Kier alpha value is -0.690. The van der Waals surface area contributed by atoms with Gasteiger partial charge in [0.05, 0.1) is 0 Å². The zero-order valence-corrected chi connectivity index (χ0v) is 8.27. The molecule has 0 aliphatic carbocycles. The maximum Gasteiger partial charge on any atom is 0.300 e. The van der Waals surface area contributed by atoms with Crippen LogP contribution in [0.2, 0.25) is 0 Å². The highest BCUT2D eigenvalue weighted by Crippen LogP contribution is 1.42. The summed E-state index contributed by atoms with van der Waals surface area (Å²) in [5.41, 5.74) is 4.50. The highest BCUT2D eigenvalue weighted by Gasteiger charge is 1.65. The molecule has 0 radical (unpaired) electrons. The standard InChI is InChI=1S/C2H4O2.CH5N.3CH4O/c1-2(3)4;4*1-2/h1H3,(H,3,4);2H2,1H3;3*2H,1H3. The fourth-order valence-corrected chi connectivity index (χ4v) is 0. The summed E-state index contributed by atoms with van der Waals surface area (Å²) in [6.07, 6.45) is 0. The first-order chi connectivity index (χ1) is 5.73. The van der Waals surface area contributed by atoms with Crippen molar-refractivity contribution >= 4 is 5.97 Å². The predicted octanol–water partition coefficient (Wildman–Crippen LogP) is -1.51. The third-order valence-corrected chi connectivity index (χ3v) is 0. The van der Waals surface area contributed by atoms with Crippen LogP contribution in [0.4, 0.5) is 0 Å². The maximum atomic E-state index is 9.00. The molecule has 0 fully saturated rings. The van der Waals surface area contributed by atoms with Crippen molar-refractivity contribution in [3.63, 3.8) is 0 Å². The largest absolute Gasteiger partial charge is 0.481 e. The van der Waals surface area contributed by atoms with E-state index in [1.54, 1.807) is 0 Å². The molecule has 6 N–H and O–H groups in total. The number of carboxylic acid groups (broad SMARTS) is 1. The van der Waals surface area contributed by atoms with Gasteiger partial charge in [0.2, 0.25) is 0 Å². The Labute approximate surface area is 73.3 Å². The zero-order valence-electron chi connectivity index (χ0n) is 8.27. The number of aliphatic hydroxyl groups is 3. The van der Waals surface area contributed by atoms with Crippen LogP contribution < -0.4 is 5.73 Å². The molecule has 0 unspecified atom stereocenters. The van der Waals surface area contributed by atoms with Gasteiger partial charge in [-0.15, -0.1) is 0 Å². The summed E-state index contributed by atoms with van der Waals surface area (Å²) in [4.78, 5) is 9.00. The molecule has 0 spiro atoms. The molecule has 0 rings (SSSR count). The smallest absolute Gasteiger partial charge is 0.300 e. The Kier molecular flexibility index (Phi) is 421. The van der Waals surface area contributed by atoms with Crippen LogP contribution in [-0.2, 0) is 4.79 Å². The molecule has 0 aromatic heterocycles. The third kappa shape index (κ3) is 1350. The Bertz CT molecular complexity index is 38.9. The summed E-state index contributed by atoms with van der Waals surface area (Å²) in [6, 6.07) is 0. The minimum absolute atomic E-state index is 0.833. The van der Waals surface area contributed by atoms with Gasteiger partial charge in [0, 0.05) is 28.3 Å². The summed E-state index contributed by atoms with van der Waals surface area (Å²) < 4.78 is 0. The second-order valence-corrected chi connectivity index (χ2v) is 0.519. The quantitative estimate of drug-likeness (QED) is 0.314. The molecule has 0 atom stereocenters. The van der Waals surface area contributed by atoms with Crippen molar-refractivity contribution in [2.24, 2.45) is 5.73 Å². The minimum Gasteiger partial charge on any atom is -0.481 e. The van der Waals surface area contributed by atoms with Gasteiger partial charge in [0.25, 0.3) is 5.97 Å². The van der Waals surface area contributed by atoms with Gasteiger partial charge < -0.3 is 26.2 Å². The second kappa shape index (κ2) is 167. The van der Waals surface area contributed by atoms with Gasteiger partial charge in [0.1, 0.15) is 0 Å². The molecule has 0 heterocycles. The van der Waals surface area contributed by atoms with E-state index in [4.69, 9.17) is 25.2 Å². The monoisotopic (exact) mass is 187 g/mol. The fourth-order valence-electron chi connectivity index (χ4n) is 0. The van der Waals surface area contributed by atoms with Gasteiger partial charge in [-0.1, -0.05) is 0 Å². The lowest BCUT2D eigenvalue weighted by Gasteiger charge is -1.59. The van der Waals surface area contributed by atoms with E-state index in [0.717, 1.165) is 28.3 Å². The maximum absolute atomic E-state index is 9.00. The first-order valence-corrected chi connectivity index (χ1v) is 2.85. The number of rotatable bonds is 0. The van der Waals surface area contributed by atoms with Crippen molar-refractivity contribution in [2.75, 3.05) is 28.4 Å². The first-order valence-electron chi connectivity index (χ1n) is 2.85. The van der Waals surface area contributed by atoms with E-state index in [1.165, 1.54) is 7.05 Å². The molecule has 6 nitrogen and oxygen atoms in total. The number of aliphatic carboxylic acids is 1. The summed E-state index contributed by atoms with van der Waals surface area (Å²) in [7, 11) is 4.50. The lowest BCUT2D eigenvalue weighted by atomic mass is 10.9. The Morgan fingerprint density at radius 1 is 0.917 bits per heavy atom. The normalized spacial score (nSPS) is 4.08. The molecule has 80 valence electrons. The number of aliphatic hydroxyl groups excluding tert-OH is 3. The van der Waals surface area contributed by atoms with E-state index in [9.17, 15) is 0 Å². The van der Waals surface area contributed by atoms with Crippen LogP contribution in [0, 0.1) is 0 Å². The predicted molar refractivity (Wildman–Crippen MR) is 47.8 cm³/mol. The average molecular weight is 187 g/mol. The van der Waals surface area contributed by atoms with Crippen LogP contribution in [0.5, 0.6) is 0 Å². The van der Waals surface area contributed by atoms with Gasteiger partial charge >= 0.3 is 0 Å². The van der Waals surface area contributed by atoms with Crippen molar-refractivity contribution < 1.29 is 25.2 Å². The molecule has 0 aliphatic rings. The minimum atomic E-state index is -0.833. The van der Waals surface area contributed by atoms with Crippen molar-refractivity contribution in [3.8, 4) is 0 Å². The zero-order chi connectivity index (χ0) is 11.6. The highest BCUT2D eigenvalue weighted by atomic mass is 16.4. The lowest BCUT2D eigenvalue weighted by Crippen LogP contribution is -1.78. The molecule has 12 heavy (non-hydrogen) atoms. The first kappa shape index (κ1) is 30.2. The van der Waals surface area contributed by atoms with Crippen LogP contribution in [0.1, 0.15) is 6.92 Å². The fraction of sp³-hybridized carbons (Fsp3) is 0.833. The molecule has 0 saturated heterocycles. The van der Waals surface area contributed by atoms with E-state index < -0.39 is 5.97 Å². The van der Waals surface area contributed by atoms with Gasteiger partial charge in [-0.3, -0.25) is 4.79 Å². The van der Waals surface area contributed by atoms with Crippen molar-refractivity contribution in [1.82, 2.24) is 0 Å². The van der Waals surface area contributed by atoms with Gasteiger partial charge in [-0.25, -0.2) is 0 Å². The molecule has 0 aromatic rings. The summed E-state index contributed by atoms with van der Waals surface area (Å²) in [5, 5.41) is 28.4. The van der Waals surface area contributed by atoms with Gasteiger partial charge in [0.15, 0.2) is 0 Å². The van der Waals surface area contributed by atoms with Crippen LogP contribution >= 0.6 is 0 Å². The molecular formula is C6H21NO5. The lowest BCUT2D eigenvalue weighted by molar-refractivity contribution is -0.134. The van der Waals surface area contributed by atoms with Crippen molar-refractivity contribution in [2.45, 2.75) is 6.92 Å². The van der Waals surface area contributed by atoms with E-state index in [0.29, 0.717) is 0 Å². The molecule has 6 heteroatoms. The van der Waals surface area contributed by atoms with Crippen LogP contribution in [-0.4, -0.2) is 54.8 Å². The van der Waals surface area contributed by atoms with Gasteiger partial charge in [-0.2, -0.15) is 0 Å². The van der Waals surface area contributed by atoms with Crippen molar-refractivity contribution in [1.29, 1.82) is 0 Å². The van der Waals surface area contributed by atoms with E-state index >= 15 is 0 Å². The molecule has 0 amide bonds. The topological polar surface area (TPSA) is 124 Å². The van der Waals surface area contributed by atoms with Crippen molar-refractivity contribution in [3.05, 3.63) is 0 Å². The number of nitrogens with two attached hydrogens (primary N) is 1. The van der Waals surface area contributed by atoms with E-state index in [1.807, 2.05) is 0 Å². The number of carboxylic acids is 1. The number of carbonyl (C=O) groups is 1. The Balaban J connectivity index is -0.0000000181. The number of hydrogen-bond acceptors (Lipinski definition) is 5. The number of hydrogen-bond donors (Lipinski definition) is 5. The van der Waals surface area contributed by atoms with E-state index in [-0.39, 0.29) is 0 Å². The Morgan fingerprint density at radius 2 is 0.917 bits per heavy atom. The molecule has 0 saturated carbocycles. The summed E-state index contributed by atoms with van der Waals surface area (Å²) >= 11 is 0. The molecule has 0 aromatic carbocycles. The molecule has 0 aliphatic heterocycles. The van der Waals surface area contributed by atoms with Crippen LogP contribution in [0.15, 0.2) is 0 Å². The summed E-state index contributed by atoms with van der Waals surface area (Å²) in [5.74, 6) is -0.833. The third-order valence-electron chi connectivity index (χ3n) is 0. The highest BCUT2D eigenvalue weighted by molar-refractivity contribution is 5.62. The van der Waals surface area contributed by atoms with Crippen LogP contribution in [0.3, 0.4) is 0 Å². The van der Waals surface area contributed by atoms with Crippen LogP contribution in [0.25, 0.3) is 0 Å². The van der Waals surface area contributed by atoms with Gasteiger partial charge in [-0.05, 0) is 7.05 Å². The summed E-state index contributed by atoms with van der Waals surface area (Å²) in [6.45, 7) is 1.08.